The van der Waals surface area contributed by atoms with E-state index in [1.54, 1.807) is 16.7 Å². The highest BCUT2D eigenvalue weighted by molar-refractivity contribution is 8.00. The van der Waals surface area contributed by atoms with Gasteiger partial charge in [-0.15, -0.1) is 11.8 Å². The average molecular weight is 337 g/mol. The number of likely N-dealkylation sites (tertiary alicyclic amines) is 1. The van der Waals surface area contributed by atoms with E-state index in [1.165, 1.54) is 0 Å². The van der Waals surface area contributed by atoms with Crippen LogP contribution in [0, 0.1) is 0 Å². The van der Waals surface area contributed by atoms with E-state index in [0.717, 1.165) is 16.9 Å². The van der Waals surface area contributed by atoms with E-state index in [2.05, 4.69) is 0 Å². The maximum atomic E-state index is 12.0. The van der Waals surface area contributed by atoms with Crippen LogP contribution in [0.4, 0.5) is 4.79 Å². The molecule has 6 heteroatoms. The molecule has 1 heterocycles. The minimum Gasteiger partial charge on any atom is -0.481 e. The monoisotopic (exact) mass is 337 g/mol. The summed E-state index contributed by atoms with van der Waals surface area (Å²) in [4.78, 5) is 25.6. The fourth-order valence-electron chi connectivity index (χ4n) is 2.37. The number of nitrogens with zero attached hydrogens (tertiary/aromatic N) is 1. The highest BCUT2D eigenvalue weighted by Gasteiger charge is 2.30. The summed E-state index contributed by atoms with van der Waals surface area (Å²) in [6.07, 6.45) is 0.721. The van der Waals surface area contributed by atoms with Crippen molar-refractivity contribution in [3.63, 3.8) is 0 Å². The molecule has 1 aromatic carbocycles. The van der Waals surface area contributed by atoms with Gasteiger partial charge in [0.1, 0.15) is 5.60 Å². The molecular formula is C17H23NO4S. The van der Waals surface area contributed by atoms with Gasteiger partial charge in [0.05, 0.1) is 6.42 Å². The molecule has 1 fully saturated rings. The van der Waals surface area contributed by atoms with Gasteiger partial charge in [0.2, 0.25) is 0 Å². The van der Waals surface area contributed by atoms with Crippen molar-refractivity contribution < 1.29 is 19.4 Å². The molecule has 1 aliphatic heterocycles. The summed E-state index contributed by atoms with van der Waals surface area (Å²) in [5, 5.41) is 9.11. The number of carboxylic acids is 1. The van der Waals surface area contributed by atoms with Gasteiger partial charge in [0.15, 0.2) is 0 Å². The maximum absolute atomic E-state index is 12.0. The van der Waals surface area contributed by atoms with E-state index >= 15 is 0 Å². The Kier molecular flexibility index (Phi) is 5.57. The molecule has 1 aromatic rings. The van der Waals surface area contributed by atoms with E-state index in [0.29, 0.717) is 18.3 Å². The third-order valence-corrected chi connectivity index (χ3v) is 4.64. The van der Waals surface area contributed by atoms with E-state index in [-0.39, 0.29) is 12.5 Å². The van der Waals surface area contributed by atoms with E-state index in [9.17, 15) is 9.59 Å². The third-order valence-electron chi connectivity index (χ3n) is 3.38. The molecule has 1 amide bonds. The van der Waals surface area contributed by atoms with Crippen molar-refractivity contribution in [3.8, 4) is 0 Å². The number of hydrogen-bond acceptors (Lipinski definition) is 4. The Hall–Kier alpha value is -1.69. The van der Waals surface area contributed by atoms with Crippen LogP contribution in [0.5, 0.6) is 0 Å². The van der Waals surface area contributed by atoms with Crippen molar-refractivity contribution in [2.24, 2.45) is 0 Å². The van der Waals surface area contributed by atoms with Gasteiger partial charge in [-0.25, -0.2) is 4.79 Å². The Bertz CT molecular complexity index is 565. The minimum absolute atomic E-state index is 0.0425. The van der Waals surface area contributed by atoms with Crippen LogP contribution in [0.15, 0.2) is 29.2 Å². The standard InChI is InChI=1S/C17H23NO4S/c1-17(2,3)22-16(21)18-9-8-14(11-18)23-13-6-4-12(5-7-13)10-15(19)20/h4-7,14H,8-11H2,1-3H3,(H,19,20)/t14-/m0/s1. The predicted octanol–water partition coefficient (Wildman–Crippen LogP) is 3.42. The highest BCUT2D eigenvalue weighted by atomic mass is 32.2. The van der Waals surface area contributed by atoms with E-state index in [4.69, 9.17) is 9.84 Å². The average Bonchev–Trinajstić information content (AvgIpc) is 2.87. The number of carbonyl (C=O) groups is 2. The lowest BCUT2D eigenvalue weighted by molar-refractivity contribution is -0.136. The Labute approximate surface area is 141 Å². The number of rotatable bonds is 4. The minimum atomic E-state index is -0.825. The number of hydrogen-bond donors (Lipinski definition) is 1. The van der Waals surface area contributed by atoms with Crippen molar-refractivity contribution in [3.05, 3.63) is 29.8 Å². The molecule has 0 unspecified atom stereocenters. The van der Waals surface area contributed by atoms with Crippen LogP contribution >= 0.6 is 11.8 Å². The second kappa shape index (κ2) is 7.25. The van der Waals surface area contributed by atoms with Gasteiger partial charge in [-0.2, -0.15) is 0 Å². The Morgan fingerprint density at radius 1 is 1.30 bits per heavy atom. The predicted molar refractivity (Wildman–Crippen MR) is 89.9 cm³/mol. The van der Waals surface area contributed by atoms with Crippen LogP contribution < -0.4 is 0 Å². The van der Waals surface area contributed by atoms with Crippen LogP contribution in [-0.4, -0.2) is 46.0 Å². The topological polar surface area (TPSA) is 66.8 Å². The normalized spacial score (nSPS) is 18.0. The maximum Gasteiger partial charge on any atom is 0.410 e. The number of amides is 1. The molecule has 23 heavy (non-hydrogen) atoms. The molecule has 126 valence electrons. The molecule has 0 radical (unpaired) electrons. The van der Waals surface area contributed by atoms with Gasteiger partial charge in [0.25, 0.3) is 0 Å². The fraction of sp³-hybridized carbons (Fsp3) is 0.529. The zero-order chi connectivity index (χ0) is 17.0. The molecule has 0 bridgehead atoms. The highest BCUT2D eigenvalue weighted by Crippen LogP contribution is 2.30. The first kappa shape index (κ1) is 17.7. The SMILES string of the molecule is CC(C)(C)OC(=O)N1CC[C@H](Sc2ccc(CC(=O)O)cc2)C1. The summed E-state index contributed by atoms with van der Waals surface area (Å²) in [5.74, 6) is -0.825. The number of aliphatic carboxylic acids is 1. The summed E-state index contributed by atoms with van der Waals surface area (Å²) < 4.78 is 5.39. The number of benzene rings is 1. The molecule has 5 nitrogen and oxygen atoms in total. The number of ether oxygens (including phenoxy) is 1. The Morgan fingerprint density at radius 3 is 2.52 bits per heavy atom. The summed E-state index contributed by atoms with van der Waals surface area (Å²) in [7, 11) is 0. The first-order chi connectivity index (χ1) is 10.7. The third kappa shape index (κ3) is 5.78. The lowest BCUT2D eigenvalue weighted by Gasteiger charge is -2.24. The van der Waals surface area contributed by atoms with E-state index in [1.807, 2.05) is 45.0 Å². The Balaban J connectivity index is 1.85. The number of thioether (sulfide) groups is 1. The van der Waals surface area contributed by atoms with E-state index < -0.39 is 11.6 Å². The smallest absolute Gasteiger partial charge is 0.410 e. The molecule has 1 atom stereocenters. The van der Waals surface area contributed by atoms with Gasteiger partial charge in [-0.3, -0.25) is 4.79 Å². The van der Waals surface area contributed by atoms with Gasteiger partial charge in [-0.05, 0) is 44.9 Å². The molecule has 1 aliphatic rings. The Morgan fingerprint density at radius 2 is 1.96 bits per heavy atom. The number of carboxylic acid groups (broad SMARTS) is 1. The zero-order valence-corrected chi connectivity index (χ0v) is 14.6. The molecule has 0 saturated carbocycles. The molecule has 1 saturated heterocycles. The van der Waals surface area contributed by atoms with Gasteiger partial charge >= 0.3 is 12.1 Å². The lowest BCUT2D eigenvalue weighted by Crippen LogP contribution is -2.35. The largest absolute Gasteiger partial charge is 0.481 e. The first-order valence-electron chi connectivity index (χ1n) is 7.68. The van der Waals surface area contributed by atoms with Gasteiger partial charge in [0, 0.05) is 23.2 Å². The van der Waals surface area contributed by atoms with Gasteiger partial charge in [-0.1, -0.05) is 12.1 Å². The van der Waals surface area contributed by atoms with Gasteiger partial charge < -0.3 is 14.7 Å². The molecule has 1 N–H and O–H groups in total. The summed E-state index contributed by atoms with van der Waals surface area (Å²) in [6, 6.07) is 7.58. The van der Waals surface area contributed by atoms with Crippen molar-refractivity contribution in [2.75, 3.05) is 13.1 Å². The van der Waals surface area contributed by atoms with Crippen LogP contribution in [0.2, 0.25) is 0 Å². The molecule has 0 aromatic heterocycles. The lowest BCUT2D eigenvalue weighted by atomic mass is 10.2. The summed E-state index contributed by atoms with van der Waals surface area (Å²) in [5.41, 5.74) is 0.325. The molecular weight excluding hydrogens is 314 g/mol. The van der Waals surface area contributed by atoms with Crippen LogP contribution in [0.1, 0.15) is 32.8 Å². The quantitative estimate of drug-likeness (QED) is 0.912. The van der Waals surface area contributed by atoms with Crippen molar-refractivity contribution in [1.29, 1.82) is 0 Å². The second-order valence-electron chi connectivity index (χ2n) is 6.67. The van der Waals surface area contributed by atoms with Crippen LogP contribution in [0.25, 0.3) is 0 Å². The summed E-state index contributed by atoms with van der Waals surface area (Å²) in [6.45, 7) is 6.99. The van der Waals surface area contributed by atoms with Crippen molar-refractivity contribution >= 4 is 23.8 Å². The second-order valence-corrected chi connectivity index (χ2v) is 8.04. The first-order valence-corrected chi connectivity index (χ1v) is 8.56. The van der Waals surface area contributed by atoms with Crippen molar-refractivity contribution in [2.45, 2.75) is 49.4 Å². The van der Waals surface area contributed by atoms with Crippen molar-refractivity contribution in [1.82, 2.24) is 4.90 Å². The summed E-state index contributed by atoms with van der Waals surface area (Å²) >= 11 is 1.72. The molecule has 2 rings (SSSR count). The fourth-order valence-corrected chi connectivity index (χ4v) is 3.53. The van der Waals surface area contributed by atoms with Crippen LogP contribution in [0.3, 0.4) is 0 Å². The number of carbonyl (C=O) groups excluding carboxylic acids is 1. The molecule has 0 spiro atoms. The zero-order valence-electron chi connectivity index (χ0n) is 13.7. The van der Waals surface area contributed by atoms with Crippen LogP contribution in [-0.2, 0) is 16.0 Å². The molecule has 0 aliphatic carbocycles.